The number of ether oxygens (including phenoxy) is 3. The van der Waals surface area contributed by atoms with Gasteiger partial charge in [0.25, 0.3) is 0 Å². The quantitative estimate of drug-likeness (QED) is 0.376. The topological polar surface area (TPSA) is 74.1 Å². The highest BCUT2D eigenvalue weighted by Crippen LogP contribution is 2.61. The van der Waals surface area contributed by atoms with E-state index in [9.17, 15) is 10.1 Å². The van der Waals surface area contributed by atoms with Crippen LogP contribution in [0.5, 0.6) is 0 Å². The van der Waals surface area contributed by atoms with E-state index >= 15 is 0 Å². The van der Waals surface area contributed by atoms with Crippen LogP contribution in [0.3, 0.4) is 0 Å². The van der Waals surface area contributed by atoms with Gasteiger partial charge in [0.2, 0.25) is 6.54 Å². The lowest BCUT2D eigenvalue weighted by molar-refractivity contribution is -0.499. The third-order valence-corrected chi connectivity index (χ3v) is 4.45. The SMILES string of the molecule is O=[N+]([O-])C[C@@H]1OCC[C@@H]2C[C@@H]3O[C@@]21[C@H]1O[C@H]31. The average Bonchev–Trinajstić information content (AvgIpc) is 2.88. The van der Waals surface area contributed by atoms with Crippen molar-refractivity contribution in [2.45, 2.75) is 42.9 Å². The molecule has 6 nitrogen and oxygen atoms in total. The maximum absolute atomic E-state index is 10.7. The summed E-state index contributed by atoms with van der Waals surface area (Å²) >= 11 is 0. The zero-order valence-electron chi connectivity index (χ0n) is 8.70. The van der Waals surface area contributed by atoms with Crippen LogP contribution in [0.4, 0.5) is 0 Å². The highest BCUT2D eigenvalue weighted by atomic mass is 16.7. The third-order valence-electron chi connectivity index (χ3n) is 4.45. The zero-order chi connectivity index (χ0) is 10.9. The van der Waals surface area contributed by atoms with Crippen molar-refractivity contribution in [2.75, 3.05) is 13.2 Å². The lowest BCUT2D eigenvalue weighted by atomic mass is 9.72. The Labute approximate surface area is 92.0 Å². The lowest BCUT2D eigenvalue weighted by Crippen LogP contribution is -2.58. The molecule has 0 aromatic carbocycles. The molecule has 4 aliphatic heterocycles. The van der Waals surface area contributed by atoms with E-state index in [0.29, 0.717) is 12.5 Å². The minimum absolute atomic E-state index is 0.0569. The Morgan fingerprint density at radius 1 is 1.50 bits per heavy atom. The number of nitrogens with zero attached hydrogens (tertiary/aromatic N) is 1. The van der Waals surface area contributed by atoms with Crippen molar-refractivity contribution in [3.8, 4) is 0 Å². The lowest BCUT2D eigenvalue weighted by Gasteiger charge is -2.41. The molecule has 4 fully saturated rings. The highest BCUT2D eigenvalue weighted by molar-refractivity contribution is 5.23. The first-order valence-corrected chi connectivity index (χ1v) is 5.78. The fraction of sp³-hybridized carbons (Fsp3) is 1.00. The van der Waals surface area contributed by atoms with Gasteiger partial charge < -0.3 is 14.2 Å². The van der Waals surface area contributed by atoms with Crippen LogP contribution in [-0.4, -0.2) is 48.1 Å². The molecule has 2 bridgehead atoms. The van der Waals surface area contributed by atoms with Gasteiger partial charge in [-0.25, -0.2) is 0 Å². The Balaban J connectivity index is 1.69. The van der Waals surface area contributed by atoms with Gasteiger partial charge in [-0.2, -0.15) is 0 Å². The second-order valence-corrected chi connectivity index (χ2v) is 5.13. The molecule has 16 heavy (non-hydrogen) atoms. The van der Waals surface area contributed by atoms with Gasteiger partial charge in [-0.3, -0.25) is 10.1 Å². The summed E-state index contributed by atoms with van der Waals surface area (Å²) in [4.78, 5) is 10.4. The van der Waals surface area contributed by atoms with Gasteiger partial charge in [0, 0.05) is 11.5 Å². The second kappa shape index (κ2) is 2.75. The minimum Gasteiger partial charge on any atom is -0.368 e. The van der Waals surface area contributed by atoms with Crippen LogP contribution < -0.4 is 0 Å². The number of hydrogen-bond acceptors (Lipinski definition) is 5. The first-order valence-electron chi connectivity index (χ1n) is 5.78. The standard InChI is InChI=1S/C10H13NO5/c12-11(13)4-7-10-5(1-2-14-7)3-6(16-10)8-9(10)15-8/h5-9H,1-4H2/t5-,6+,7+,8-,9+,10+/m1/s1. The number of nitro groups is 1. The predicted molar refractivity (Wildman–Crippen MR) is 50.6 cm³/mol. The smallest absolute Gasteiger partial charge is 0.232 e. The molecular weight excluding hydrogens is 214 g/mol. The van der Waals surface area contributed by atoms with Crippen LogP contribution in [-0.2, 0) is 14.2 Å². The van der Waals surface area contributed by atoms with Gasteiger partial charge in [-0.15, -0.1) is 0 Å². The first kappa shape index (κ1) is 9.32. The molecule has 88 valence electrons. The third kappa shape index (κ3) is 0.935. The molecule has 4 heterocycles. The molecule has 0 aliphatic carbocycles. The Bertz CT molecular complexity index is 361. The Kier molecular flexibility index (Phi) is 1.60. The molecule has 4 aliphatic rings. The summed E-state index contributed by atoms with van der Waals surface area (Å²) in [5, 5.41) is 10.7. The molecule has 1 spiro atoms. The number of fused-ring (bicyclic) bond motifs is 3. The number of rotatable bonds is 2. The van der Waals surface area contributed by atoms with Gasteiger partial charge in [0.1, 0.15) is 17.8 Å². The van der Waals surface area contributed by atoms with Crippen molar-refractivity contribution in [3.63, 3.8) is 0 Å². The van der Waals surface area contributed by atoms with Crippen molar-refractivity contribution in [1.29, 1.82) is 0 Å². The van der Waals surface area contributed by atoms with Crippen molar-refractivity contribution in [1.82, 2.24) is 0 Å². The van der Waals surface area contributed by atoms with Gasteiger partial charge in [-0.05, 0) is 18.8 Å². The molecule has 0 N–H and O–H groups in total. The number of epoxide rings is 1. The molecule has 0 aromatic heterocycles. The normalized spacial score (nSPS) is 56.9. The molecule has 6 atom stereocenters. The average molecular weight is 227 g/mol. The first-order chi connectivity index (χ1) is 7.72. The highest BCUT2D eigenvalue weighted by Gasteiger charge is 2.77. The van der Waals surface area contributed by atoms with E-state index in [1.54, 1.807) is 0 Å². The molecule has 0 aromatic rings. The van der Waals surface area contributed by atoms with Crippen LogP contribution in [0.15, 0.2) is 0 Å². The summed E-state index contributed by atoms with van der Waals surface area (Å²) in [6, 6.07) is 0. The summed E-state index contributed by atoms with van der Waals surface area (Å²) in [6.07, 6.45) is 1.90. The molecule has 4 saturated heterocycles. The Morgan fingerprint density at radius 2 is 2.38 bits per heavy atom. The van der Waals surface area contributed by atoms with Gasteiger partial charge in [0.15, 0.2) is 6.10 Å². The van der Waals surface area contributed by atoms with E-state index in [1.807, 2.05) is 0 Å². The van der Waals surface area contributed by atoms with Crippen LogP contribution >= 0.6 is 0 Å². The van der Waals surface area contributed by atoms with E-state index in [4.69, 9.17) is 14.2 Å². The molecular formula is C10H13NO5. The Hall–Kier alpha value is -0.720. The van der Waals surface area contributed by atoms with Gasteiger partial charge >= 0.3 is 0 Å². The van der Waals surface area contributed by atoms with Crippen LogP contribution in [0, 0.1) is 16.0 Å². The molecule has 0 unspecified atom stereocenters. The summed E-state index contributed by atoms with van der Waals surface area (Å²) in [6.45, 7) is 0.439. The van der Waals surface area contributed by atoms with Crippen molar-refractivity contribution < 1.29 is 19.1 Å². The second-order valence-electron chi connectivity index (χ2n) is 5.13. The van der Waals surface area contributed by atoms with E-state index in [-0.39, 0.29) is 29.8 Å². The van der Waals surface area contributed by atoms with E-state index in [0.717, 1.165) is 12.8 Å². The maximum Gasteiger partial charge on any atom is 0.232 e. The predicted octanol–water partition coefficient (Wildman–Crippen LogP) is -0.0231. The summed E-state index contributed by atoms with van der Waals surface area (Å²) in [5.74, 6) is 0.389. The molecule has 0 radical (unpaired) electrons. The molecule has 4 rings (SSSR count). The molecule has 6 heteroatoms. The van der Waals surface area contributed by atoms with Crippen LogP contribution in [0.2, 0.25) is 0 Å². The van der Waals surface area contributed by atoms with E-state index < -0.39 is 11.7 Å². The zero-order valence-corrected chi connectivity index (χ0v) is 8.70. The van der Waals surface area contributed by atoms with Crippen LogP contribution in [0.25, 0.3) is 0 Å². The van der Waals surface area contributed by atoms with Crippen molar-refractivity contribution in [2.24, 2.45) is 5.92 Å². The monoisotopic (exact) mass is 227 g/mol. The van der Waals surface area contributed by atoms with Crippen molar-refractivity contribution >= 4 is 0 Å². The fourth-order valence-electron chi connectivity index (χ4n) is 3.82. The largest absolute Gasteiger partial charge is 0.368 e. The number of hydrogen-bond donors (Lipinski definition) is 0. The fourth-order valence-corrected chi connectivity index (χ4v) is 3.82. The molecule has 0 saturated carbocycles. The van der Waals surface area contributed by atoms with Gasteiger partial charge in [0.05, 0.1) is 6.10 Å². The Morgan fingerprint density at radius 3 is 3.12 bits per heavy atom. The van der Waals surface area contributed by atoms with Crippen LogP contribution in [0.1, 0.15) is 12.8 Å². The van der Waals surface area contributed by atoms with E-state index in [2.05, 4.69) is 0 Å². The summed E-state index contributed by atoms with van der Waals surface area (Å²) in [5.41, 5.74) is -0.499. The van der Waals surface area contributed by atoms with Crippen molar-refractivity contribution in [3.05, 3.63) is 10.1 Å². The molecule has 0 amide bonds. The van der Waals surface area contributed by atoms with E-state index in [1.165, 1.54) is 0 Å². The summed E-state index contributed by atoms with van der Waals surface area (Å²) < 4.78 is 17.1. The van der Waals surface area contributed by atoms with Gasteiger partial charge in [-0.1, -0.05) is 0 Å². The maximum atomic E-state index is 10.7. The minimum atomic E-state index is -0.499. The summed E-state index contributed by atoms with van der Waals surface area (Å²) in [7, 11) is 0.